The highest BCUT2D eigenvalue weighted by molar-refractivity contribution is 6.00. The number of aliphatic hydroxyl groups is 3. The third-order valence-corrected chi connectivity index (χ3v) is 9.61. The molecule has 0 aliphatic carbocycles. The van der Waals surface area contributed by atoms with E-state index in [1.165, 1.54) is 34.8 Å². The molecule has 13 atom stereocenters. The predicted octanol–water partition coefficient (Wildman–Crippen LogP) is 1.41. The number of nitrogens with zero attached hydrogens (tertiary/aromatic N) is 1. The van der Waals surface area contributed by atoms with Crippen LogP contribution in [0.2, 0.25) is 0 Å². The Labute approximate surface area is 266 Å². The summed E-state index contributed by atoms with van der Waals surface area (Å²) in [7, 11) is 5.06. The fourth-order valence-corrected chi connectivity index (χ4v) is 6.81. The van der Waals surface area contributed by atoms with Gasteiger partial charge in [-0.05, 0) is 68.0 Å². The second-order valence-corrected chi connectivity index (χ2v) is 13.7. The average molecular weight is 646 g/mol. The van der Waals surface area contributed by atoms with Crippen molar-refractivity contribution in [3.05, 3.63) is 0 Å². The van der Waals surface area contributed by atoms with Gasteiger partial charge in [0.15, 0.2) is 24.0 Å². The van der Waals surface area contributed by atoms with Gasteiger partial charge < -0.3 is 43.9 Å². The molecule has 0 spiro atoms. The lowest BCUT2D eigenvalue weighted by Gasteiger charge is -2.48. The molecule has 0 radical (unpaired) electrons. The Kier molecular flexibility index (Phi) is 12.9. The molecular weight excluding hydrogens is 590 g/mol. The normalized spacial score (nSPS) is 44.3. The number of Topliss-reactive ketones (excluding diaryl/α,β-unsaturated/α-hetero) is 2. The van der Waals surface area contributed by atoms with Crippen molar-refractivity contribution in [1.29, 1.82) is 0 Å². The van der Waals surface area contributed by atoms with Crippen LogP contribution in [0.1, 0.15) is 81.6 Å². The summed E-state index contributed by atoms with van der Waals surface area (Å²) in [5, 5.41) is 33.8. The van der Waals surface area contributed by atoms with E-state index in [9.17, 15) is 34.5 Å². The number of cyclic esters (lactones) is 1. The van der Waals surface area contributed by atoms with E-state index in [-0.39, 0.29) is 25.0 Å². The fraction of sp³-hybridized carbons (Fsp3) is 0.875. The van der Waals surface area contributed by atoms with Gasteiger partial charge in [0.25, 0.3) is 0 Å². The van der Waals surface area contributed by atoms with Gasteiger partial charge in [-0.15, -0.1) is 0 Å². The van der Waals surface area contributed by atoms with Crippen LogP contribution < -0.4 is 0 Å². The standard InChI is InChI=1S/C32H55NO12/c1-13-22-31(8,39)29(38)32(9,40)25(36)16(2)15-30(7,41-12)26(18(4)23(35)19(5)27(37)44-22)45-28-24(43-20(6)34)21(33(10)11)14-17(3)42-28/h16-19,21-22,24,26,28-29,38-40H,13-15H2,1-12H3/t16-,17-,18+,19-,21+,22-,24-,26-,28+,29-,30+,31-,32+/m1/s1. The zero-order valence-corrected chi connectivity index (χ0v) is 28.9. The van der Waals surface area contributed by atoms with Crippen LogP contribution in [-0.4, -0.2) is 125 Å². The first-order valence-electron chi connectivity index (χ1n) is 15.7. The van der Waals surface area contributed by atoms with Crippen molar-refractivity contribution in [2.75, 3.05) is 21.2 Å². The first-order chi connectivity index (χ1) is 20.6. The molecule has 2 aliphatic rings. The van der Waals surface area contributed by atoms with Crippen molar-refractivity contribution >= 4 is 23.5 Å². The maximum Gasteiger partial charge on any atom is 0.316 e. The summed E-state index contributed by atoms with van der Waals surface area (Å²) in [6.45, 7) is 13.1. The second-order valence-electron chi connectivity index (χ2n) is 13.7. The number of hydrogen-bond donors (Lipinski definition) is 3. The van der Waals surface area contributed by atoms with Crippen molar-refractivity contribution in [1.82, 2.24) is 4.90 Å². The van der Waals surface area contributed by atoms with Crippen LogP contribution in [0.25, 0.3) is 0 Å². The highest BCUT2D eigenvalue weighted by Crippen LogP contribution is 2.39. The van der Waals surface area contributed by atoms with Gasteiger partial charge in [0.2, 0.25) is 0 Å². The summed E-state index contributed by atoms with van der Waals surface area (Å²) < 4.78 is 29.9. The number of rotatable bonds is 6. The summed E-state index contributed by atoms with van der Waals surface area (Å²) >= 11 is 0. The molecule has 0 aromatic heterocycles. The van der Waals surface area contributed by atoms with Gasteiger partial charge in [0.1, 0.15) is 29.3 Å². The smallest absolute Gasteiger partial charge is 0.316 e. The van der Waals surface area contributed by atoms with Gasteiger partial charge in [-0.3, -0.25) is 19.2 Å². The maximum absolute atomic E-state index is 14.0. The van der Waals surface area contributed by atoms with Crippen LogP contribution in [0.15, 0.2) is 0 Å². The molecule has 2 saturated heterocycles. The van der Waals surface area contributed by atoms with Gasteiger partial charge in [-0.25, -0.2) is 0 Å². The number of ether oxygens (including phenoxy) is 5. The van der Waals surface area contributed by atoms with Crippen LogP contribution in [0.3, 0.4) is 0 Å². The van der Waals surface area contributed by atoms with E-state index < -0.39 is 88.8 Å². The van der Waals surface area contributed by atoms with Crippen molar-refractivity contribution < 1.29 is 58.2 Å². The fourth-order valence-electron chi connectivity index (χ4n) is 6.81. The lowest BCUT2D eigenvalue weighted by molar-refractivity contribution is -0.298. The first kappa shape index (κ1) is 39.2. The van der Waals surface area contributed by atoms with E-state index >= 15 is 0 Å². The summed E-state index contributed by atoms with van der Waals surface area (Å²) in [5.74, 6) is -6.27. The van der Waals surface area contributed by atoms with Gasteiger partial charge in [0.05, 0.1) is 23.9 Å². The number of carbonyl (C=O) groups is 4. The molecule has 2 heterocycles. The van der Waals surface area contributed by atoms with Gasteiger partial charge in [0, 0.05) is 25.9 Å². The Morgan fingerprint density at radius 3 is 2.13 bits per heavy atom. The zero-order valence-electron chi connectivity index (χ0n) is 28.9. The zero-order chi connectivity index (χ0) is 34.8. The molecule has 3 N–H and O–H groups in total. The summed E-state index contributed by atoms with van der Waals surface area (Å²) in [6, 6.07) is -0.300. The molecule has 0 saturated carbocycles. The van der Waals surface area contributed by atoms with Gasteiger partial charge in [-0.1, -0.05) is 20.8 Å². The minimum atomic E-state index is -2.47. The molecule has 2 rings (SSSR count). The van der Waals surface area contributed by atoms with Crippen molar-refractivity contribution in [3.63, 3.8) is 0 Å². The Morgan fingerprint density at radius 1 is 1.07 bits per heavy atom. The average Bonchev–Trinajstić information content (AvgIpc) is 2.96. The van der Waals surface area contributed by atoms with E-state index in [4.69, 9.17) is 23.7 Å². The quantitative estimate of drug-likeness (QED) is 0.279. The van der Waals surface area contributed by atoms with E-state index in [1.807, 2.05) is 25.9 Å². The second kappa shape index (κ2) is 14.8. The number of aliphatic hydroxyl groups excluding tert-OH is 1. The lowest BCUT2D eigenvalue weighted by Crippen LogP contribution is -2.64. The maximum atomic E-state index is 14.0. The molecule has 0 aromatic carbocycles. The van der Waals surface area contributed by atoms with Crippen LogP contribution in [0, 0.1) is 17.8 Å². The number of methoxy groups -OCH3 is 1. The summed E-state index contributed by atoms with van der Waals surface area (Å²) in [6.07, 6.45) is -6.52. The third kappa shape index (κ3) is 8.30. The molecule has 45 heavy (non-hydrogen) atoms. The minimum absolute atomic E-state index is 0.0152. The Bertz CT molecular complexity index is 1080. The molecule has 13 heteroatoms. The molecule has 0 unspecified atom stereocenters. The van der Waals surface area contributed by atoms with Crippen LogP contribution in [0.4, 0.5) is 0 Å². The molecule has 0 aromatic rings. The van der Waals surface area contributed by atoms with Gasteiger partial charge >= 0.3 is 11.9 Å². The predicted molar refractivity (Wildman–Crippen MR) is 162 cm³/mol. The van der Waals surface area contributed by atoms with Crippen molar-refractivity contribution in [2.24, 2.45) is 17.8 Å². The molecule has 2 fully saturated rings. The number of esters is 2. The largest absolute Gasteiger partial charge is 0.459 e. The lowest BCUT2D eigenvalue weighted by atomic mass is 9.72. The Hall–Kier alpha value is -2.00. The van der Waals surface area contributed by atoms with E-state index in [2.05, 4.69) is 0 Å². The highest BCUT2D eigenvalue weighted by atomic mass is 16.7. The van der Waals surface area contributed by atoms with Gasteiger partial charge in [-0.2, -0.15) is 0 Å². The van der Waals surface area contributed by atoms with E-state index in [1.54, 1.807) is 20.8 Å². The molecule has 260 valence electrons. The molecule has 0 amide bonds. The Balaban J connectivity index is 2.72. The highest BCUT2D eigenvalue weighted by Gasteiger charge is 2.56. The molecule has 2 aliphatic heterocycles. The van der Waals surface area contributed by atoms with E-state index in [0.29, 0.717) is 6.42 Å². The molecule has 0 bridgehead atoms. The van der Waals surface area contributed by atoms with Crippen molar-refractivity contribution in [3.8, 4) is 0 Å². The summed E-state index contributed by atoms with van der Waals surface area (Å²) in [5.41, 5.74) is -6.14. The van der Waals surface area contributed by atoms with E-state index in [0.717, 1.165) is 6.92 Å². The summed E-state index contributed by atoms with van der Waals surface area (Å²) in [4.78, 5) is 55.1. The third-order valence-electron chi connectivity index (χ3n) is 9.61. The number of hydrogen-bond acceptors (Lipinski definition) is 13. The number of likely N-dealkylation sites (N-methyl/N-ethyl adjacent to an activating group) is 1. The number of ketones is 2. The monoisotopic (exact) mass is 645 g/mol. The number of carbonyl (C=O) groups excluding carboxylic acids is 4. The van der Waals surface area contributed by atoms with Crippen LogP contribution in [0.5, 0.6) is 0 Å². The minimum Gasteiger partial charge on any atom is -0.459 e. The topological polar surface area (TPSA) is 178 Å². The molecule has 13 nitrogen and oxygen atoms in total. The first-order valence-corrected chi connectivity index (χ1v) is 15.7. The Morgan fingerprint density at radius 2 is 1.64 bits per heavy atom. The van der Waals surface area contributed by atoms with Crippen molar-refractivity contribution in [2.45, 2.75) is 141 Å². The van der Waals surface area contributed by atoms with Crippen LogP contribution in [-0.2, 0) is 42.9 Å². The van der Waals surface area contributed by atoms with Crippen LogP contribution >= 0.6 is 0 Å². The molecular formula is C32H55NO12. The SMILES string of the molecule is CC[C@H]1OC(=O)[C@H](C)C(=O)[C@H](C)[C@@H](O[C@@H]2O[C@H](C)C[C@H](N(C)C)[C@H]2OC(C)=O)[C@@](C)(OC)C[C@@H](C)C(=O)[C@](C)(O)[C@H](O)[C@]1(C)O.